The molecule has 0 fully saturated rings. The minimum atomic E-state index is -0.283. The van der Waals surface area contributed by atoms with Crippen LogP contribution in [0.1, 0.15) is 26.3 Å². The number of carbonyl (C=O) groups is 2. The molecular formula is C21H15BrN2O3. The van der Waals surface area contributed by atoms with Crippen molar-refractivity contribution in [1.29, 1.82) is 0 Å². The Morgan fingerprint density at radius 2 is 1.74 bits per heavy atom. The summed E-state index contributed by atoms with van der Waals surface area (Å²) in [5.74, 6) is 0.487. The molecule has 0 bridgehead atoms. The largest absolute Gasteiger partial charge is 0.454 e. The van der Waals surface area contributed by atoms with Gasteiger partial charge in [0.2, 0.25) is 0 Å². The van der Waals surface area contributed by atoms with Crippen molar-refractivity contribution in [3.63, 3.8) is 0 Å². The topological polar surface area (TPSA) is 67.4 Å². The van der Waals surface area contributed by atoms with Gasteiger partial charge in [0.05, 0.1) is 11.3 Å². The van der Waals surface area contributed by atoms with Gasteiger partial charge in [-0.05, 0) is 67.1 Å². The molecule has 2 N–H and O–H groups in total. The van der Waals surface area contributed by atoms with Crippen molar-refractivity contribution in [1.82, 2.24) is 0 Å². The molecule has 1 aliphatic rings. The van der Waals surface area contributed by atoms with E-state index in [9.17, 15) is 9.59 Å². The molecule has 3 aromatic carbocycles. The number of hydrogen-bond donors (Lipinski definition) is 2. The van der Waals surface area contributed by atoms with Gasteiger partial charge in [0.15, 0.2) is 5.75 Å². The van der Waals surface area contributed by atoms with Gasteiger partial charge in [0, 0.05) is 15.7 Å². The smallest absolute Gasteiger partial charge is 0.259 e. The molecule has 1 aliphatic heterocycles. The van der Waals surface area contributed by atoms with Gasteiger partial charge in [0.1, 0.15) is 5.75 Å². The van der Waals surface area contributed by atoms with Gasteiger partial charge in [-0.1, -0.05) is 22.0 Å². The van der Waals surface area contributed by atoms with Crippen molar-refractivity contribution in [2.24, 2.45) is 0 Å². The standard InChI is InChI=1S/C21H15BrN2O3/c1-12-2-8-19-17(10-12)24-21(26)16-11-15(7-9-18(16)27-19)23-20(25)13-3-5-14(22)6-4-13/h2-11H,1H3,(H,23,25)(H,24,26). The van der Waals surface area contributed by atoms with Crippen LogP contribution in [0.25, 0.3) is 0 Å². The van der Waals surface area contributed by atoms with Crippen molar-refractivity contribution >= 4 is 39.1 Å². The fourth-order valence-electron chi connectivity index (χ4n) is 2.82. The van der Waals surface area contributed by atoms with Gasteiger partial charge in [-0.15, -0.1) is 0 Å². The van der Waals surface area contributed by atoms with Gasteiger partial charge in [0.25, 0.3) is 11.8 Å². The van der Waals surface area contributed by atoms with Crippen molar-refractivity contribution in [3.05, 3.63) is 81.8 Å². The van der Waals surface area contributed by atoms with Crippen LogP contribution in [0, 0.1) is 6.92 Å². The summed E-state index contributed by atoms with van der Waals surface area (Å²) in [6.07, 6.45) is 0. The van der Waals surface area contributed by atoms with Crippen LogP contribution in [0.3, 0.4) is 0 Å². The maximum absolute atomic E-state index is 12.6. The first-order chi connectivity index (χ1) is 13.0. The molecule has 0 saturated heterocycles. The number of nitrogens with one attached hydrogen (secondary N) is 2. The first-order valence-corrected chi connectivity index (χ1v) is 9.10. The number of hydrogen-bond acceptors (Lipinski definition) is 3. The molecular weight excluding hydrogens is 408 g/mol. The van der Waals surface area contributed by atoms with Crippen molar-refractivity contribution in [2.75, 3.05) is 10.6 Å². The Bertz CT molecular complexity index is 1060. The summed E-state index contributed by atoms with van der Waals surface area (Å²) in [7, 11) is 0. The molecule has 27 heavy (non-hydrogen) atoms. The molecule has 5 nitrogen and oxygen atoms in total. The zero-order valence-electron chi connectivity index (χ0n) is 14.4. The van der Waals surface area contributed by atoms with Crippen LogP contribution >= 0.6 is 15.9 Å². The molecule has 0 saturated carbocycles. The van der Waals surface area contributed by atoms with Crippen LogP contribution in [0.15, 0.2) is 65.1 Å². The van der Waals surface area contributed by atoms with E-state index in [1.807, 2.05) is 25.1 Å². The van der Waals surface area contributed by atoms with E-state index in [4.69, 9.17) is 4.74 Å². The second-order valence-electron chi connectivity index (χ2n) is 6.23. The minimum Gasteiger partial charge on any atom is -0.454 e. The number of halogens is 1. The third-order valence-corrected chi connectivity index (χ3v) is 4.72. The lowest BCUT2D eigenvalue weighted by molar-refractivity contribution is 0.101. The van der Waals surface area contributed by atoms with Gasteiger partial charge in [-0.3, -0.25) is 9.59 Å². The van der Waals surface area contributed by atoms with Crippen molar-refractivity contribution < 1.29 is 14.3 Å². The lowest BCUT2D eigenvalue weighted by Gasteiger charge is -2.10. The Hall–Kier alpha value is -3.12. The van der Waals surface area contributed by atoms with Gasteiger partial charge < -0.3 is 15.4 Å². The van der Waals surface area contributed by atoms with Crippen molar-refractivity contribution in [3.8, 4) is 11.5 Å². The second kappa shape index (κ2) is 6.89. The average Bonchev–Trinajstić information content (AvgIpc) is 2.78. The predicted molar refractivity (Wildman–Crippen MR) is 108 cm³/mol. The molecule has 3 aromatic rings. The van der Waals surface area contributed by atoms with E-state index in [1.54, 1.807) is 42.5 Å². The third kappa shape index (κ3) is 3.57. The maximum Gasteiger partial charge on any atom is 0.259 e. The molecule has 1 heterocycles. The second-order valence-corrected chi connectivity index (χ2v) is 7.14. The molecule has 0 radical (unpaired) electrons. The zero-order chi connectivity index (χ0) is 19.0. The summed E-state index contributed by atoms with van der Waals surface area (Å²) >= 11 is 3.34. The van der Waals surface area contributed by atoms with Crippen molar-refractivity contribution in [2.45, 2.75) is 6.92 Å². The molecule has 0 aliphatic carbocycles. The Morgan fingerprint density at radius 3 is 2.52 bits per heavy atom. The number of ether oxygens (including phenoxy) is 1. The van der Waals surface area contributed by atoms with E-state index in [2.05, 4.69) is 26.6 Å². The highest BCUT2D eigenvalue weighted by molar-refractivity contribution is 9.10. The number of amides is 2. The molecule has 0 spiro atoms. The van der Waals surface area contributed by atoms with Crippen LogP contribution in [0.4, 0.5) is 11.4 Å². The molecule has 6 heteroatoms. The summed E-state index contributed by atoms with van der Waals surface area (Å²) in [6, 6.07) is 17.6. The molecule has 2 amide bonds. The normalized spacial score (nSPS) is 12.1. The number of benzene rings is 3. The van der Waals surface area contributed by atoms with Crippen LogP contribution in [0.5, 0.6) is 11.5 Å². The fourth-order valence-corrected chi connectivity index (χ4v) is 3.08. The Kier molecular flexibility index (Phi) is 4.41. The van der Waals surface area contributed by atoms with E-state index >= 15 is 0 Å². The highest BCUT2D eigenvalue weighted by Gasteiger charge is 2.21. The first-order valence-electron chi connectivity index (χ1n) is 8.30. The lowest BCUT2D eigenvalue weighted by Crippen LogP contribution is -2.14. The summed E-state index contributed by atoms with van der Waals surface area (Å²) in [4.78, 5) is 25.0. The fraction of sp³-hybridized carbons (Fsp3) is 0.0476. The monoisotopic (exact) mass is 422 g/mol. The highest BCUT2D eigenvalue weighted by Crippen LogP contribution is 2.37. The number of anilines is 2. The van der Waals surface area contributed by atoms with Crippen LogP contribution in [0.2, 0.25) is 0 Å². The highest BCUT2D eigenvalue weighted by atomic mass is 79.9. The minimum absolute atomic E-state index is 0.253. The predicted octanol–water partition coefficient (Wildman–Crippen LogP) is 5.37. The SMILES string of the molecule is Cc1ccc2c(c1)NC(=O)c1cc(NC(=O)c3ccc(Br)cc3)ccc1O2. The lowest BCUT2D eigenvalue weighted by atomic mass is 10.1. The summed E-state index contributed by atoms with van der Waals surface area (Å²) in [5.41, 5.74) is 3.04. The van der Waals surface area contributed by atoms with E-state index in [1.165, 1.54) is 0 Å². The van der Waals surface area contributed by atoms with E-state index in [0.717, 1.165) is 10.0 Å². The summed E-state index contributed by atoms with van der Waals surface area (Å²) < 4.78 is 6.78. The molecule has 134 valence electrons. The first kappa shape index (κ1) is 17.3. The Balaban J connectivity index is 1.61. The van der Waals surface area contributed by atoms with Crippen LogP contribution < -0.4 is 15.4 Å². The Morgan fingerprint density at radius 1 is 1.00 bits per heavy atom. The number of fused-ring (bicyclic) bond motifs is 2. The van der Waals surface area contributed by atoms with Gasteiger partial charge in [-0.25, -0.2) is 0 Å². The average molecular weight is 423 g/mol. The number of aryl methyl sites for hydroxylation is 1. The molecule has 0 aromatic heterocycles. The number of carbonyl (C=O) groups excluding carboxylic acids is 2. The quantitative estimate of drug-likeness (QED) is 0.583. The molecule has 4 rings (SSSR count). The van der Waals surface area contributed by atoms with E-state index in [0.29, 0.717) is 34.0 Å². The molecule has 0 unspecified atom stereocenters. The van der Waals surface area contributed by atoms with Gasteiger partial charge in [-0.2, -0.15) is 0 Å². The van der Waals surface area contributed by atoms with Gasteiger partial charge >= 0.3 is 0 Å². The number of rotatable bonds is 2. The third-order valence-electron chi connectivity index (χ3n) is 4.19. The zero-order valence-corrected chi connectivity index (χ0v) is 16.0. The Labute approximate surface area is 164 Å². The maximum atomic E-state index is 12.6. The van der Waals surface area contributed by atoms with Crippen LogP contribution in [-0.4, -0.2) is 11.8 Å². The van der Waals surface area contributed by atoms with E-state index in [-0.39, 0.29) is 11.8 Å². The summed E-state index contributed by atoms with van der Waals surface area (Å²) in [5, 5.41) is 5.67. The molecule has 0 atom stereocenters. The van der Waals surface area contributed by atoms with Crippen LogP contribution in [-0.2, 0) is 0 Å². The van der Waals surface area contributed by atoms with E-state index < -0.39 is 0 Å². The summed E-state index contributed by atoms with van der Waals surface area (Å²) in [6.45, 7) is 1.94.